The predicted octanol–water partition coefficient (Wildman–Crippen LogP) is 2.85. The van der Waals surface area contributed by atoms with E-state index in [9.17, 15) is 5.11 Å². The molecule has 78 valence electrons. The predicted molar refractivity (Wildman–Crippen MR) is 53.5 cm³/mol. The highest BCUT2D eigenvalue weighted by Gasteiger charge is 2.04. The van der Waals surface area contributed by atoms with E-state index in [1.165, 1.54) is 38.5 Å². The average molecular weight is 186 g/mol. The van der Waals surface area contributed by atoms with Crippen LogP contribution in [0.5, 0.6) is 0 Å². The summed E-state index contributed by atoms with van der Waals surface area (Å²) >= 11 is 0. The second kappa shape index (κ2) is 7.34. The molecule has 0 amide bonds. The first-order valence-electron chi connectivity index (χ1n) is 5.69. The molecule has 0 aromatic carbocycles. The van der Waals surface area contributed by atoms with Crippen molar-refractivity contribution in [2.45, 2.75) is 64.1 Å². The van der Waals surface area contributed by atoms with Crippen molar-refractivity contribution in [2.24, 2.45) is 0 Å². The molecule has 0 bridgehead atoms. The minimum atomic E-state index is -0.501. The highest BCUT2D eigenvalue weighted by Crippen LogP contribution is 2.13. The average Bonchev–Trinajstić information content (AvgIpc) is 2.11. The normalized spacial score (nSPS) is 28.8. The molecular weight excluding hydrogens is 164 g/mol. The molecule has 1 N–H and O–H groups in total. The summed E-state index contributed by atoms with van der Waals surface area (Å²) in [5.74, 6) is 0. The standard InChI is InChI=1S/C11H22O2/c12-11-9-7-5-3-1-2-4-6-8-10-13-11/h11-12H,1-10H2. The third kappa shape index (κ3) is 6.05. The van der Waals surface area contributed by atoms with E-state index in [2.05, 4.69) is 0 Å². The Balaban J connectivity index is 2.11. The highest BCUT2D eigenvalue weighted by atomic mass is 16.6. The Hall–Kier alpha value is -0.0800. The lowest BCUT2D eigenvalue weighted by molar-refractivity contribution is -0.105. The van der Waals surface area contributed by atoms with Gasteiger partial charge >= 0.3 is 0 Å². The van der Waals surface area contributed by atoms with Gasteiger partial charge in [0.1, 0.15) is 0 Å². The highest BCUT2D eigenvalue weighted by molar-refractivity contribution is 4.51. The summed E-state index contributed by atoms with van der Waals surface area (Å²) in [7, 11) is 0. The van der Waals surface area contributed by atoms with Crippen LogP contribution >= 0.6 is 0 Å². The van der Waals surface area contributed by atoms with Crippen molar-refractivity contribution >= 4 is 0 Å². The molecule has 0 aromatic rings. The summed E-state index contributed by atoms with van der Waals surface area (Å²) in [6.45, 7) is 0.737. The summed E-state index contributed by atoms with van der Waals surface area (Å²) in [5.41, 5.74) is 0. The minimum absolute atomic E-state index is 0.501. The fourth-order valence-corrected chi connectivity index (χ4v) is 1.78. The Labute approximate surface area is 81.3 Å². The smallest absolute Gasteiger partial charge is 0.154 e. The van der Waals surface area contributed by atoms with E-state index in [1.54, 1.807) is 0 Å². The maximum Gasteiger partial charge on any atom is 0.154 e. The van der Waals surface area contributed by atoms with E-state index >= 15 is 0 Å². The van der Waals surface area contributed by atoms with E-state index in [0.29, 0.717) is 0 Å². The Morgan fingerprint density at radius 1 is 0.769 bits per heavy atom. The zero-order valence-electron chi connectivity index (χ0n) is 8.50. The van der Waals surface area contributed by atoms with E-state index in [4.69, 9.17) is 4.74 Å². The molecule has 1 unspecified atom stereocenters. The first-order valence-corrected chi connectivity index (χ1v) is 5.69. The lowest BCUT2D eigenvalue weighted by Crippen LogP contribution is -2.12. The lowest BCUT2D eigenvalue weighted by atomic mass is 10.1. The Morgan fingerprint density at radius 2 is 1.31 bits per heavy atom. The van der Waals surface area contributed by atoms with Gasteiger partial charge in [-0.1, -0.05) is 38.5 Å². The van der Waals surface area contributed by atoms with Crippen LogP contribution in [0.4, 0.5) is 0 Å². The molecule has 0 spiro atoms. The van der Waals surface area contributed by atoms with Crippen molar-refractivity contribution in [2.75, 3.05) is 6.61 Å². The number of aliphatic hydroxyl groups is 1. The van der Waals surface area contributed by atoms with Gasteiger partial charge in [-0.3, -0.25) is 0 Å². The summed E-state index contributed by atoms with van der Waals surface area (Å²) in [5, 5.41) is 9.37. The van der Waals surface area contributed by atoms with Crippen LogP contribution in [-0.4, -0.2) is 18.0 Å². The van der Waals surface area contributed by atoms with Crippen LogP contribution < -0.4 is 0 Å². The first-order chi connectivity index (χ1) is 6.39. The molecule has 0 saturated carbocycles. The maximum absolute atomic E-state index is 9.37. The number of hydrogen-bond acceptors (Lipinski definition) is 2. The third-order valence-corrected chi connectivity index (χ3v) is 2.66. The molecule has 13 heavy (non-hydrogen) atoms. The first kappa shape index (κ1) is 11.0. The van der Waals surface area contributed by atoms with E-state index in [0.717, 1.165) is 25.9 Å². The molecule has 2 nitrogen and oxygen atoms in total. The molecule has 0 radical (unpaired) electrons. The van der Waals surface area contributed by atoms with Crippen molar-refractivity contribution < 1.29 is 9.84 Å². The molecule has 1 aliphatic heterocycles. The van der Waals surface area contributed by atoms with Gasteiger partial charge in [-0.15, -0.1) is 0 Å². The molecule has 1 fully saturated rings. The fraction of sp³-hybridized carbons (Fsp3) is 1.00. The van der Waals surface area contributed by atoms with Gasteiger partial charge in [0.15, 0.2) is 6.29 Å². The van der Waals surface area contributed by atoms with Crippen LogP contribution in [0, 0.1) is 0 Å². The quantitative estimate of drug-likeness (QED) is 0.630. The lowest BCUT2D eigenvalue weighted by Gasteiger charge is -2.12. The van der Waals surface area contributed by atoms with Gasteiger partial charge in [-0.25, -0.2) is 0 Å². The molecule has 0 aliphatic carbocycles. The van der Waals surface area contributed by atoms with Gasteiger partial charge in [-0.2, -0.15) is 0 Å². The second-order valence-corrected chi connectivity index (χ2v) is 3.94. The summed E-state index contributed by atoms with van der Waals surface area (Å²) < 4.78 is 5.27. The zero-order valence-corrected chi connectivity index (χ0v) is 8.50. The molecular formula is C11H22O2. The van der Waals surface area contributed by atoms with Crippen molar-refractivity contribution in [3.63, 3.8) is 0 Å². The number of hydrogen-bond donors (Lipinski definition) is 1. The van der Waals surface area contributed by atoms with Crippen LogP contribution in [0.3, 0.4) is 0 Å². The van der Waals surface area contributed by atoms with Crippen LogP contribution in [0.15, 0.2) is 0 Å². The Morgan fingerprint density at radius 3 is 2.00 bits per heavy atom. The molecule has 0 aromatic heterocycles. The van der Waals surface area contributed by atoms with Crippen LogP contribution in [0.2, 0.25) is 0 Å². The summed E-state index contributed by atoms with van der Waals surface area (Å²) in [4.78, 5) is 0. The topological polar surface area (TPSA) is 29.5 Å². The van der Waals surface area contributed by atoms with E-state index in [-0.39, 0.29) is 0 Å². The summed E-state index contributed by atoms with van der Waals surface area (Å²) in [6, 6.07) is 0. The van der Waals surface area contributed by atoms with Crippen molar-refractivity contribution in [3.8, 4) is 0 Å². The van der Waals surface area contributed by atoms with Gasteiger partial charge < -0.3 is 9.84 Å². The molecule has 1 heterocycles. The Bertz CT molecular complexity index is 103. The van der Waals surface area contributed by atoms with Crippen molar-refractivity contribution in [3.05, 3.63) is 0 Å². The van der Waals surface area contributed by atoms with Gasteiger partial charge in [0.2, 0.25) is 0 Å². The monoisotopic (exact) mass is 186 g/mol. The SMILES string of the molecule is OC1CCCCCCCCCCO1. The number of rotatable bonds is 0. The molecule has 1 saturated heterocycles. The van der Waals surface area contributed by atoms with Crippen molar-refractivity contribution in [1.82, 2.24) is 0 Å². The van der Waals surface area contributed by atoms with Crippen LogP contribution in [0.25, 0.3) is 0 Å². The molecule has 1 atom stereocenters. The Kier molecular flexibility index (Phi) is 6.21. The molecule has 2 heteroatoms. The second-order valence-electron chi connectivity index (χ2n) is 3.94. The summed E-state index contributed by atoms with van der Waals surface area (Å²) in [6.07, 6.45) is 10.5. The molecule has 1 rings (SSSR count). The van der Waals surface area contributed by atoms with E-state index < -0.39 is 6.29 Å². The minimum Gasteiger partial charge on any atom is -0.368 e. The van der Waals surface area contributed by atoms with Crippen LogP contribution in [-0.2, 0) is 4.74 Å². The largest absolute Gasteiger partial charge is 0.368 e. The van der Waals surface area contributed by atoms with Gasteiger partial charge in [0, 0.05) is 6.61 Å². The molecule has 1 aliphatic rings. The third-order valence-electron chi connectivity index (χ3n) is 2.66. The fourth-order valence-electron chi connectivity index (χ4n) is 1.78. The van der Waals surface area contributed by atoms with Crippen molar-refractivity contribution in [1.29, 1.82) is 0 Å². The van der Waals surface area contributed by atoms with E-state index in [1.807, 2.05) is 0 Å². The number of ether oxygens (including phenoxy) is 1. The zero-order chi connectivity index (χ0) is 9.36. The maximum atomic E-state index is 9.37. The van der Waals surface area contributed by atoms with Gasteiger partial charge in [0.25, 0.3) is 0 Å². The van der Waals surface area contributed by atoms with Gasteiger partial charge in [0.05, 0.1) is 0 Å². The van der Waals surface area contributed by atoms with Crippen LogP contribution in [0.1, 0.15) is 57.8 Å². The van der Waals surface area contributed by atoms with Gasteiger partial charge in [-0.05, 0) is 19.3 Å². The number of aliphatic hydroxyl groups excluding tert-OH is 1.